The second kappa shape index (κ2) is 19.6. The summed E-state index contributed by atoms with van der Waals surface area (Å²) in [6.45, 7) is 41.1. The topological polar surface area (TPSA) is 63.8 Å². The van der Waals surface area contributed by atoms with E-state index in [9.17, 15) is 5.11 Å². The molecule has 0 saturated heterocycles. The summed E-state index contributed by atoms with van der Waals surface area (Å²) in [4.78, 5) is 15.8. The quantitative estimate of drug-likeness (QED) is 0.146. The van der Waals surface area contributed by atoms with Crippen molar-refractivity contribution in [3.63, 3.8) is 0 Å². The van der Waals surface area contributed by atoms with Crippen LogP contribution in [0.2, 0.25) is 0 Å². The van der Waals surface area contributed by atoms with Gasteiger partial charge in [-0.1, -0.05) is 202 Å². The fourth-order valence-corrected chi connectivity index (χ4v) is 13.1. The van der Waals surface area contributed by atoms with Crippen LogP contribution in [0.25, 0.3) is 81.9 Å². The summed E-state index contributed by atoms with van der Waals surface area (Å²) in [5.41, 5.74) is 15.4. The normalized spacial score (nSPS) is 13.0. The minimum absolute atomic E-state index is 0. The molecule has 0 unspecified atom stereocenters. The molecule has 9 rings (SSSR count). The first-order chi connectivity index (χ1) is 34.1. The van der Waals surface area contributed by atoms with Gasteiger partial charge in [-0.25, -0.2) is 9.97 Å². The smallest absolute Gasteiger partial charge is 0.148 e. The molecule has 0 fully saturated rings. The number of benzene rings is 6. The summed E-state index contributed by atoms with van der Waals surface area (Å²) in [5.74, 6) is 2.34. The number of aromatic hydroxyl groups is 1. The molecule has 388 valence electrons. The van der Waals surface area contributed by atoms with Crippen LogP contribution in [0.1, 0.15) is 152 Å². The summed E-state index contributed by atoms with van der Waals surface area (Å²) < 4.78 is 4.59. The molecule has 74 heavy (non-hydrogen) atoms. The van der Waals surface area contributed by atoms with E-state index in [1.54, 1.807) is 17.7 Å². The van der Waals surface area contributed by atoms with E-state index >= 15 is 0 Å². The van der Waals surface area contributed by atoms with Gasteiger partial charge in [-0.05, 0) is 92.0 Å². The molecule has 0 bridgehead atoms. The molecule has 5 nitrogen and oxygen atoms in total. The summed E-state index contributed by atoms with van der Waals surface area (Å²) >= 11 is 1.79. The Labute approximate surface area is 460 Å². The molecule has 0 radical (unpaired) electrons. The molecule has 0 aliphatic heterocycles. The number of nitrogens with zero attached hydrogens (tertiary/aromatic N) is 4. The standard InChI is InChI=1S/C67H77N4OS.Pt/c1-39(2)67(40(3)4,41(5)6)46-27-29-50-56(37-46)73-61-57(68-38-69-59(50)61)44-31-43(32-47(33-44)64(10,11)12)49-25-22-26-55-58(49)70-62(52-35-48(65(13,14)15)36-53(60(52)72)66(16,17)18)71(55)54-30-28-45(63(7,8)9)34-51(54)42-23-20-19-21-24-42;/h19-30,32-41,72H,1-18H3;/q-1;. The van der Waals surface area contributed by atoms with Crippen molar-refractivity contribution < 1.29 is 26.2 Å². The molecule has 3 heterocycles. The Bertz CT molecular complexity index is 3530. The average molecular weight is 1180 g/mol. The number of imidazole rings is 1. The third kappa shape index (κ3) is 9.61. The van der Waals surface area contributed by atoms with Gasteiger partial charge in [0.2, 0.25) is 0 Å². The van der Waals surface area contributed by atoms with Crippen LogP contribution in [0.3, 0.4) is 0 Å². The van der Waals surface area contributed by atoms with Crippen LogP contribution in [0.5, 0.6) is 5.75 Å². The zero-order valence-corrected chi connectivity index (χ0v) is 50.3. The van der Waals surface area contributed by atoms with E-state index in [1.807, 2.05) is 0 Å². The molecule has 0 saturated carbocycles. The fourth-order valence-electron chi connectivity index (χ4n) is 11.9. The van der Waals surface area contributed by atoms with Crippen molar-refractivity contribution >= 4 is 42.7 Å². The van der Waals surface area contributed by atoms with Crippen molar-refractivity contribution in [2.75, 3.05) is 0 Å². The molecular formula is C67H77N4OPtS-. The third-order valence-electron chi connectivity index (χ3n) is 15.8. The van der Waals surface area contributed by atoms with E-state index in [1.165, 1.54) is 21.4 Å². The summed E-state index contributed by atoms with van der Waals surface area (Å²) in [6, 6.07) is 44.0. The van der Waals surface area contributed by atoms with Gasteiger partial charge >= 0.3 is 0 Å². The van der Waals surface area contributed by atoms with Crippen LogP contribution in [-0.4, -0.2) is 24.6 Å². The second-order valence-electron chi connectivity index (χ2n) is 25.8. The Hall–Kier alpha value is -5.42. The van der Waals surface area contributed by atoms with Crippen molar-refractivity contribution in [1.82, 2.24) is 19.5 Å². The Morgan fingerprint density at radius 1 is 0.541 bits per heavy atom. The average Bonchev–Trinajstić information content (AvgIpc) is 3.88. The first-order valence-corrected chi connectivity index (χ1v) is 27.3. The number of hydrogen-bond acceptors (Lipinski definition) is 5. The molecule has 0 atom stereocenters. The van der Waals surface area contributed by atoms with Gasteiger partial charge in [0.15, 0.2) is 0 Å². The maximum atomic E-state index is 12.7. The van der Waals surface area contributed by atoms with Crippen LogP contribution >= 0.6 is 11.3 Å². The zero-order valence-electron chi connectivity index (χ0n) is 47.2. The van der Waals surface area contributed by atoms with E-state index in [0.29, 0.717) is 29.1 Å². The minimum atomic E-state index is -0.339. The third-order valence-corrected chi connectivity index (χ3v) is 16.9. The summed E-state index contributed by atoms with van der Waals surface area (Å²) in [7, 11) is 0. The number of phenolic OH excluding ortho intramolecular Hbond substituents is 1. The van der Waals surface area contributed by atoms with Gasteiger partial charge in [0.1, 0.15) is 17.9 Å². The van der Waals surface area contributed by atoms with Crippen LogP contribution in [0, 0.1) is 23.8 Å². The number of hydrogen-bond donors (Lipinski definition) is 1. The van der Waals surface area contributed by atoms with Crippen LogP contribution < -0.4 is 0 Å². The van der Waals surface area contributed by atoms with Gasteiger partial charge in [0.05, 0.1) is 27.8 Å². The molecule has 0 aliphatic rings. The maximum absolute atomic E-state index is 12.7. The predicted molar refractivity (Wildman–Crippen MR) is 313 cm³/mol. The van der Waals surface area contributed by atoms with Gasteiger partial charge in [-0.15, -0.1) is 40.7 Å². The molecule has 1 N–H and O–H groups in total. The van der Waals surface area contributed by atoms with E-state index in [4.69, 9.17) is 15.0 Å². The molecule has 7 heteroatoms. The van der Waals surface area contributed by atoms with Crippen molar-refractivity contribution in [3.05, 3.63) is 149 Å². The number of thiophene rings is 1. The number of fused-ring (bicyclic) bond motifs is 4. The number of phenols is 1. The van der Waals surface area contributed by atoms with E-state index in [-0.39, 0.29) is 53.9 Å². The summed E-state index contributed by atoms with van der Waals surface area (Å²) in [5, 5.41) is 13.8. The molecule has 6 aromatic carbocycles. The molecule has 9 aromatic rings. The van der Waals surface area contributed by atoms with Gasteiger partial charge in [0, 0.05) is 58.1 Å². The monoisotopic (exact) mass is 1180 g/mol. The Balaban J connectivity index is 0.00000729. The number of rotatable bonds is 9. The second-order valence-corrected chi connectivity index (χ2v) is 26.8. The predicted octanol–water partition coefficient (Wildman–Crippen LogP) is 18.8. The SMILES string of the molecule is CC(C)C(c1ccc2c(c1)sc1c(-c3[c-]c(-c4cccc5c4nc(-c4cc(C(C)(C)C)cc(C(C)(C)C)c4O)n5-c4ccc(C(C)(C)C)cc4-c4ccccc4)cc(C(C)(C)C)c3)ncnc12)(C(C)C)C(C)C.[Pt]. The van der Waals surface area contributed by atoms with Crippen LogP contribution in [0.4, 0.5) is 0 Å². The first-order valence-electron chi connectivity index (χ1n) is 26.5. The molecule has 3 aromatic heterocycles. The van der Waals surface area contributed by atoms with E-state index in [2.05, 4.69) is 244 Å². The largest absolute Gasteiger partial charge is 0.507 e. The summed E-state index contributed by atoms with van der Waals surface area (Å²) in [6.07, 6.45) is 1.73. The molecule has 0 amide bonds. The minimum Gasteiger partial charge on any atom is -0.507 e. The Morgan fingerprint density at radius 3 is 1.74 bits per heavy atom. The fraction of sp³-hybridized carbons (Fsp3) is 0.388. The zero-order chi connectivity index (χ0) is 52.9. The van der Waals surface area contributed by atoms with E-state index < -0.39 is 0 Å². The Morgan fingerprint density at radius 2 is 1.14 bits per heavy atom. The van der Waals surface area contributed by atoms with Crippen molar-refractivity contribution in [1.29, 1.82) is 0 Å². The first kappa shape index (κ1) is 54.8. The van der Waals surface area contributed by atoms with E-state index in [0.717, 1.165) is 77.0 Å². The number of para-hydroxylation sites is 1. The van der Waals surface area contributed by atoms with Gasteiger partial charge < -0.3 is 5.11 Å². The van der Waals surface area contributed by atoms with Gasteiger partial charge in [-0.2, -0.15) is 0 Å². The van der Waals surface area contributed by atoms with Crippen LogP contribution in [-0.2, 0) is 48.1 Å². The molecule has 0 spiro atoms. The van der Waals surface area contributed by atoms with Crippen molar-refractivity contribution in [2.45, 2.75) is 152 Å². The number of aromatic nitrogens is 4. The van der Waals surface area contributed by atoms with Crippen molar-refractivity contribution in [2.24, 2.45) is 17.8 Å². The van der Waals surface area contributed by atoms with Gasteiger partial charge in [0.25, 0.3) is 0 Å². The Kier molecular flexibility index (Phi) is 14.5. The molecular weight excluding hydrogens is 1100 g/mol. The van der Waals surface area contributed by atoms with Crippen LogP contribution in [0.15, 0.2) is 116 Å². The molecule has 0 aliphatic carbocycles. The van der Waals surface area contributed by atoms with Gasteiger partial charge in [-0.3, -0.25) is 9.55 Å². The van der Waals surface area contributed by atoms with Crippen molar-refractivity contribution in [3.8, 4) is 56.3 Å². The maximum Gasteiger partial charge on any atom is 0.148 e.